The van der Waals surface area contributed by atoms with Gasteiger partial charge in [-0.15, -0.1) is 0 Å². The smallest absolute Gasteiger partial charge is 0.225 e. The number of carbonyl (C=O) groups excluding carboxylic acids is 1. The Labute approximate surface area is 118 Å². The van der Waals surface area contributed by atoms with Gasteiger partial charge >= 0.3 is 0 Å². The third-order valence-corrected chi connectivity index (χ3v) is 3.40. The van der Waals surface area contributed by atoms with E-state index in [9.17, 15) is 4.79 Å². The van der Waals surface area contributed by atoms with Gasteiger partial charge < -0.3 is 15.4 Å². The van der Waals surface area contributed by atoms with E-state index in [0.29, 0.717) is 18.2 Å². The van der Waals surface area contributed by atoms with Gasteiger partial charge in [-0.2, -0.15) is 0 Å². The Morgan fingerprint density at radius 1 is 1.53 bits per heavy atom. The minimum absolute atomic E-state index is 0.140. The highest BCUT2D eigenvalue weighted by atomic mass is 35.5. The molecule has 1 saturated heterocycles. The van der Waals surface area contributed by atoms with Gasteiger partial charge in [-0.3, -0.25) is 4.79 Å². The van der Waals surface area contributed by atoms with Crippen molar-refractivity contribution in [3.63, 3.8) is 0 Å². The van der Waals surface area contributed by atoms with Crippen LogP contribution < -0.4 is 15.4 Å². The van der Waals surface area contributed by atoms with Crippen LogP contribution in [0.5, 0.6) is 5.75 Å². The zero-order chi connectivity index (χ0) is 13.7. The molecule has 19 heavy (non-hydrogen) atoms. The molecule has 0 saturated carbocycles. The Kier molecular flexibility index (Phi) is 5.05. The molecule has 1 aliphatic heterocycles. The number of hydrogen-bond acceptors (Lipinski definition) is 3. The van der Waals surface area contributed by atoms with Gasteiger partial charge in [-0.25, -0.2) is 0 Å². The summed E-state index contributed by atoms with van der Waals surface area (Å²) >= 11 is 5.88. The summed E-state index contributed by atoms with van der Waals surface area (Å²) in [5.41, 5.74) is 1.03. The minimum atomic E-state index is 0.140. The summed E-state index contributed by atoms with van der Waals surface area (Å²) in [6.45, 7) is 4.80. The minimum Gasteiger partial charge on any atom is -0.493 e. The molecule has 1 fully saturated rings. The summed E-state index contributed by atoms with van der Waals surface area (Å²) in [5, 5.41) is 6.71. The maximum absolute atomic E-state index is 11.5. The predicted octanol–water partition coefficient (Wildman–Crippen LogP) is 1.75. The van der Waals surface area contributed by atoms with Crippen LogP contribution in [0.3, 0.4) is 0 Å². The van der Waals surface area contributed by atoms with Crippen LogP contribution in [0.15, 0.2) is 18.2 Å². The van der Waals surface area contributed by atoms with Crippen molar-refractivity contribution in [2.75, 3.05) is 26.2 Å². The second-order valence-electron chi connectivity index (χ2n) is 4.76. The first-order valence-electron chi connectivity index (χ1n) is 6.54. The van der Waals surface area contributed by atoms with E-state index in [-0.39, 0.29) is 11.8 Å². The van der Waals surface area contributed by atoms with Crippen molar-refractivity contribution in [2.24, 2.45) is 5.92 Å². The van der Waals surface area contributed by atoms with Gasteiger partial charge in [0.15, 0.2) is 0 Å². The van der Waals surface area contributed by atoms with Crippen molar-refractivity contribution >= 4 is 17.5 Å². The van der Waals surface area contributed by atoms with Crippen LogP contribution in [-0.4, -0.2) is 32.1 Å². The summed E-state index contributed by atoms with van der Waals surface area (Å²) in [4.78, 5) is 11.5. The van der Waals surface area contributed by atoms with E-state index >= 15 is 0 Å². The molecule has 0 spiro atoms. The molecule has 1 heterocycles. The lowest BCUT2D eigenvalue weighted by atomic mass is 10.0. The number of ether oxygens (including phenoxy) is 1. The molecular formula is C14H19ClN2O2. The Morgan fingerprint density at radius 2 is 2.32 bits per heavy atom. The predicted molar refractivity (Wildman–Crippen MR) is 75.7 cm³/mol. The summed E-state index contributed by atoms with van der Waals surface area (Å²) in [7, 11) is 0. The first-order valence-corrected chi connectivity index (χ1v) is 6.92. The molecule has 0 aliphatic carbocycles. The van der Waals surface area contributed by atoms with E-state index in [4.69, 9.17) is 16.3 Å². The zero-order valence-corrected chi connectivity index (χ0v) is 11.8. The number of amides is 1. The molecule has 4 nitrogen and oxygen atoms in total. The lowest BCUT2D eigenvalue weighted by molar-refractivity contribution is -0.126. The van der Waals surface area contributed by atoms with Crippen LogP contribution >= 0.6 is 11.6 Å². The normalized spacial score (nSPS) is 14.8. The molecule has 2 N–H and O–H groups in total. The molecule has 0 unspecified atom stereocenters. The number of carbonyl (C=O) groups is 1. The topological polar surface area (TPSA) is 50.4 Å². The van der Waals surface area contributed by atoms with Crippen LogP contribution in [-0.2, 0) is 4.79 Å². The van der Waals surface area contributed by atoms with E-state index in [0.717, 1.165) is 30.8 Å². The fourth-order valence-electron chi connectivity index (χ4n) is 1.86. The fraction of sp³-hybridized carbons (Fsp3) is 0.500. The Bertz CT molecular complexity index is 447. The standard InChI is InChI=1S/C14H19ClN2O2/c1-10-7-12(15)3-4-13(10)19-6-2-5-17-14(18)11-8-16-9-11/h3-4,7,11,16H,2,5-6,8-9H2,1H3,(H,17,18). The molecule has 1 aromatic carbocycles. The van der Waals surface area contributed by atoms with E-state index < -0.39 is 0 Å². The van der Waals surface area contributed by atoms with Crippen LogP contribution in [0.25, 0.3) is 0 Å². The van der Waals surface area contributed by atoms with E-state index in [2.05, 4.69) is 10.6 Å². The van der Waals surface area contributed by atoms with Gasteiger partial charge in [0.25, 0.3) is 0 Å². The van der Waals surface area contributed by atoms with Crippen molar-refractivity contribution in [1.82, 2.24) is 10.6 Å². The average molecular weight is 283 g/mol. The highest BCUT2D eigenvalue weighted by molar-refractivity contribution is 6.30. The highest BCUT2D eigenvalue weighted by Crippen LogP contribution is 2.21. The summed E-state index contributed by atoms with van der Waals surface area (Å²) in [6, 6.07) is 5.56. The summed E-state index contributed by atoms with van der Waals surface area (Å²) in [5.74, 6) is 1.14. The van der Waals surface area contributed by atoms with Crippen molar-refractivity contribution in [3.8, 4) is 5.75 Å². The number of halogens is 1. The lowest BCUT2D eigenvalue weighted by Gasteiger charge is -2.25. The lowest BCUT2D eigenvalue weighted by Crippen LogP contribution is -2.50. The van der Waals surface area contributed by atoms with E-state index in [1.807, 2.05) is 25.1 Å². The van der Waals surface area contributed by atoms with E-state index in [1.165, 1.54) is 0 Å². The molecule has 0 radical (unpaired) electrons. The maximum atomic E-state index is 11.5. The van der Waals surface area contributed by atoms with Crippen molar-refractivity contribution < 1.29 is 9.53 Å². The van der Waals surface area contributed by atoms with Crippen LogP contribution in [0.1, 0.15) is 12.0 Å². The monoisotopic (exact) mass is 282 g/mol. The van der Waals surface area contributed by atoms with Crippen LogP contribution in [0, 0.1) is 12.8 Å². The number of aryl methyl sites for hydroxylation is 1. The van der Waals surface area contributed by atoms with Gasteiger partial charge in [0.05, 0.1) is 12.5 Å². The molecule has 5 heteroatoms. The van der Waals surface area contributed by atoms with Gasteiger partial charge in [-0.05, 0) is 37.1 Å². The quantitative estimate of drug-likeness (QED) is 0.782. The number of hydrogen-bond donors (Lipinski definition) is 2. The Morgan fingerprint density at radius 3 is 2.95 bits per heavy atom. The maximum Gasteiger partial charge on any atom is 0.225 e. The summed E-state index contributed by atoms with van der Waals surface area (Å²) in [6.07, 6.45) is 0.800. The van der Waals surface area contributed by atoms with Crippen molar-refractivity contribution in [3.05, 3.63) is 28.8 Å². The SMILES string of the molecule is Cc1cc(Cl)ccc1OCCCNC(=O)C1CNC1. The molecule has 0 bridgehead atoms. The van der Waals surface area contributed by atoms with Crippen molar-refractivity contribution in [2.45, 2.75) is 13.3 Å². The van der Waals surface area contributed by atoms with E-state index in [1.54, 1.807) is 0 Å². The molecule has 104 valence electrons. The summed E-state index contributed by atoms with van der Waals surface area (Å²) < 4.78 is 5.65. The van der Waals surface area contributed by atoms with Crippen molar-refractivity contribution in [1.29, 1.82) is 0 Å². The van der Waals surface area contributed by atoms with Gasteiger partial charge in [0.1, 0.15) is 5.75 Å². The fourth-order valence-corrected chi connectivity index (χ4v) is 2.09. The molecule has 0 atom stereocenters. The second-order valence-corrected chi connectivity index (χ2v) is 5.19. The number of benzene rings is 1. The zero-order valence-electron chi connectivity index (χ0n) is 11.0. The third kappa shape index (κ3) is 4.11. The third-order valence-electron chi connectivity index (χ3n) is 3.17. The van der Waals surface area contributed by atoms with Crippen LogP contribution in [0.2, 0.25) is 5.02 Å². The number of nitrogens with one attached hydrogen (secondary N) is 2. The van der Waals surface area contributed by atoms with Gasteiger partial charge in [0.2, 0.25) is 5.91 Å². The molecule has 1 amide bonds. The molecular weight excluding hydrogens is 264 g/mol. The molecule has 1 aromatic rings. The highest BCUT2D eigenvalue weighted by Gasteiger charge is 2.23. The molecule has 2 rings (SSSR count). The Balaban J connectivity index is 1.62. The largest absolute Gasteiger partial charge is 0.493 e. The van der Waals surface area contributed by atoms with Crippen LogP contribution in [0.4, 0.5) is 0 Å². The molecule has 0 aromatic heterocycles. The second kappa shape index (κ2) is 6.78. The Hall–Kier alpha value is -1.26. The first kappa shape index (κ1) is 14.2. The van der Waals surface area contributed by atoms with Gasteiger partial charge in [0, 0.05) is 24.7 Å². The number of rotatable bonds is 6. The van der Waals surface area contributed by atoms with Gasteiger partial charge in [-0.1, -0.05) is 11.6 Å². The molecule has 1 aliphatic rings. The first-order chi connectivity index (χ1) is 9.16. The average Bonchev–Trinajstić information content (AvgIpc) is 2.29.